The van der Waals surface area contributed by atoms with Gasteiger partial charge in [-0.05, 0) is 38.8 Å². The lowest BCUT2D eigenvalue weighted by Crippen LogP contribution is -2.59. The van der Waals surface area contributed by atoms with Crippen LogP contribution in [0.3, 0.4) is 0 Å². The van der Waals surface area contributed by atoms with Crippen LogP contribution in [0.4, 0.5) is 0 Å². The topological polar surface area (TPSA) is 77.9 Å². The zero-order valence-corrected chi connectivity index (χ0v) is 11.4. The van der Waals surface area contributed by atoms with Gasteiger partial charge in [-0.3, -0.25) is 9.69 Å². The van der Waals surface area contributed by atoms with E-state index in [1.165, 1.54) is 10.6 Å². The van der Waals surface area contributed by atoms with Crippen molar-refractivity contribution in [2.24, 2.45) is 0 Å². The molecule has 0 atom stereocenters. The van der Waals surface area contributed by atoms with Gasteiger partial charge in [0.05, 0.1) is 6.26 Å². The van der Waals surface area contributed by atoms with E-state index in [1.54, 1.807) is 0 Å². The highest BCUT2D eigenvalue weighted by molar-refractivity contribution is 7.88. The minimum absolute atomic E-state index is 0.307. The lowest BCUT2D eigenvalue weighted by Gasteiger charge is -2.43. The second-order valence-electron chi connectivity index (χ2n) is 5.19. The lowest BCUT2D eigenvalue weighted by molar-refractivity contribution is -0.153. The van der Waals surface area contributed by atoms with Gasteiger partial charge in [0.15, 0.2) is 0 Å². The van der Waals surface area contributed by atoms with Crippen molar-refractivity contribution < 1.29 is 18.3 Å². The molecule has 0 saturated carbocycles. The first kappa shape index (κ1) is 13.8. The SMILES string of the molecule is CS(=O)(=O)N1CCC(C(=O)O)(N2CCCC2)CC1. The highest BCUT2D eigenvalue weighted by Gasteiger charge is 2.48. The molecule has 0 unspecified atom stereocenters. The second kappa shape index (κ2) is 4.79. The zero-order chi connectivity index (χ0) is 13.4. The molecular formula is C11H20N2O4S. The molecule has 2 heterocycles. The second-order valence-corrected chi connectivity index (χ2v) is 7.18. The summed E-state index contributed by atoms with van der Waals surface area (Å²) < 4.78 is 24.3. The van der Waals surface area contributed by atoms with Crippen LogP contribution >= 0.6 is 0 Å². The van der Waals surface area contributed by atoms with E-state index in [0.29, 0.717) is 25.9 Å². The Bertz CT molecular complexity index is 420. The number of likely N-dealkylation sites (tertiary alicyclic amines) is 1. The average Bonchev–Trinajstić information content (AvgIpc) is 2.81. The molecule has 0 aliphatic carbocycles. The molecule has 2 fully saturated rings. The van der Waals surface area contributed by atoms with E-state index in [2.05, 4.69) is 0 Å². The number of sulfonamides is 1. The van der Waals surface area contributed by atoms with Crippen LogP contribution in [0.15, 0.2) is 0 Å². The first-order valence-electron chi connectivity index (χ1n) is 6.30. The maximum Gasteiger partial charge on any atom is 0.324 e. The van der Waals surface area contributed by atoms with E-state index in [9.17, 15) is 18.3 Å². The Labute approximate surface area is 108 Å². The van der Waals surface area contributed by atoms with E-state index in [1.807, 2.05) is 4.90 Å². The van der Waals surface area contributed by atoms with Crippen LogP contribution < -0.4 is 0 Å². The summed E-state index contributed by atoms with van der Waals surface area (Å²) in [5.41, 5.74) is -0.850. The molecule has 0 spiro atoms. The fourth-order valence-electron chi connectivity index (χ4n) is 3.00. The van der Waals surface area contributed by atoms with E-state index >= 15 is 0 Å². The first-order valence-corrected chi connectivity index (χ1v) is 8.15. The molecule has 104 valence electrons. The molecule has 2 saturated heterocycles. The molecule has 0 radical (unpaired) electrons. The van der Waals surface area contributed by atoms with Gasteiger partial charge in [0.2, 0.25) is 10.0 Å². The van der Waals surface area contributed by atoms with Crippen molar-refractivity contribution >= 4 is 16.0 Å². The number of nitrogens with zero attached hydrogens (tertiary/aromatic N) is 2. The van der Waals surface area contributed by atoms with Gasteiger partial charge in [0, 0.05) is 13.1 Å². The van der Waals surface area contributed by atoms with Crippen LogP contribution in [0.1, 0.15) is 25.7 Å². The van der Waals surface area contributed by atoms with E-state index in [0.717, 1.165) is 25.9 Å². The number of hydrogen-bond donors (Lipinski definition) is 1. The number of carboxylic acids is 1. The molecule has 2 aliphatic heterocycles. The highest BCUT2D eigenvalue weighted by Crippen LogP contribution is 2.33. The molecule has 0 amide bonds. The average molecular weight is 276 g/mol. The molecule has 6 nitrogen and oxygen atoms in total. The van der Waals surface area contributed by atoms with Crippen LogP contribution in [-0.2, 0) is 14.8 Å². The van der Waals surface area contributed by atoms with Crippen molar-refractivity contribution in [2.75, 3.05) is 32.4 Å². The van der Waals surface area contributed by atoms with Gasteiger partial charge in [-0.25, -0.2) is 12.7 Å². The molecule has 0 aromatic heterocycles. The molecule has 0 aromatic carbocycles. The summed E-state index contributed by atoms with van der Waals surface area (Å²) in [7, 11) is -3.20. The monoisotopic (exact) mass is 276 g/mol. The Morgan fingerprint density at radius 2 is 1.61 bits per heavy atom. The summed E-state index contributed by atoms with van der Waals surface area (Å²) in [5.74, 6) is -0.808. The van der Waals surface area contributed by atoms with Gasteiger partial charge in [0.25, 0.3) is 0 Å². The van der Waals surface area contributed by atoms with Gasteiger partial charge < -0.3 is 5.11 Å². The van der Waals surface area contributed by atoms with E-state index < -0.39 is 21.5 Å². The summed E-state index contributed by atoms with van der Waals surface area (Å²) in [6.45, 7) is 2.24. The third-order valence-electron chi connectivity index (χ3n) is 4.13. The summed E-state index contributed by atoms with van der Waals surface area (Å²) in [6, 6.07) is 0. The number of piperidine rings is 1. The fourth-order valence-corrected chi connectivity index (χ4v) is 3.84. The summed E-state index contributed by atoms with van der Waals surface area (Å²) in [5, 5.41) is 9.53. The third-order valence-corrected chi connectivity index (χ3v) is 5.43. The lowest BCUT2D eigenvalue weighted by atomic mass is 9.86. The Kier molecular flexibility index (Phi) is 3.66. The Balaban J connectivity index is 2.13. The fraction of sp³-hybridized carbons (Fsp3) is 0.909. The van der Waals surface area contributed by atoms with Crippen molar-refractivity contribution in [3.05, 3.63) is 0 Å². The van der Waals surface area contributed by atoms with E-state index in [4.69, 9.17) is 0 Å². The number of aliphatic carboxylic acids is 1. The summed E-state index contributed by atoms with van der Waals surface area (Å²) in [4.78, 5) is 13.6. The minimum atomic E-state index is -3.20. The highest BCUT2D eigenvalue weighted by atomic mass is 32.2. The maximum absolute atomic E-state index is 11.6. The van der Waals surface area contributed by atoms with Crippen molar-refractivity contribution in [2.45, 2.75) is 31.2 Å². The van der Waals surface area contributed by atoms with Gasteiger partial charge >= 0.3 is 5.97 Å². The number of hydrogen-bond acceptors (Lipinski definition) is 4. The number of rotatable bonds is 3. The third kappa shape index (κ3) is 2.39. The first-order chi connectivity index (χ1) is 8.36. The van der Waals surface area contributed by atoms with Gasteiger partial charge in [-0.15, -0.1) is 0 Å². The molecule has 0 aromatic rings. The van der Waals surface area contributed by atoms with Crippen molar-refractivity contribution in [3.63, 3.8) is 0 Å². The van der Waals surface area contributed by atoms with Crippen LogP contribution in [0.5, 0.6) is 0 Å². The minimum Gasteiger partial charge on any atom is -0.480 e. The van der Waals surface area contributed by atoms with Crippen molar-refractivity contribution in [3.8, 4) is 0 Å². The number of carbonyl (C=O) groups is 1. The molecule has 1 N–H and O–H groups in total. The standard InChI is InChI=1S/C11H20N2O4S/c1-18(16,17)13-8-4-11(5-9-13,10(14)15)12-6-2-3-7-12/h2-9H2,1H3,(H,14,15). The predicted octanol–water partition coefficient (Wildman–Crippen LogP) is -0.0390. The van der Waals surface area contributed by atoms with Gasteiger partial charge in [-0.2, -0.15) is 0 Å². The molecule has 0 bridgehead atoms. The Morgan fingerprint density at radius 3 is 2.00 bits per heavy atom. The molecule has 2 aliphatic rings. The van der Waals surface area contributed by atoms with Gasteiger partial charge in [0.1, 0.15) is 5.54 Å². The quantitative estimate of drug-likeness (QED) is 0.782. The largest absolute Gasteiger partial charge is 0.480 e. The van der Waals surface area contributed by atoms with Crippen molar-refractivity contribution in [1.29, 1.82) is 0 Å². The zero-order valence-electron chi connectivity index (χ0n) is 10.6. The summed E-state index contributed by atoms with van der Waals surface area (Å²) >= 11 is 0. The van der Waals surface area contributed by atoms with E-state index in [-0.39, 0.29) is 0 Å². The van der Waals surface area contributed by atoms with Crippen LogP contribution in [-0.4, -0.2) is 66.7 Å². The van der Waals surface area contributed by atoms with Crippen molar-refractivity contribution in [1.82, 2.24) is 9.21 Å². The Hall–Kier alpha value is -0.660. The van der Waals surface area contributed by atoms with Gasteiger partial charge in [-0.1, -0.05) is 0 Å². The predicted molar refractivity (Wildman–Crippen MR) is 66.8 cm³/mol. The van der Waals surface area contributed by atoms with Crippen LogP contribution in [0.25, 0.3) is 0 Å². The molecular weight excluding hydrogens is 256 g/mol. The van der Waals surface area contributed by atoms with Crippen LogP contribution in [0.2, 0.25) is 0 Å². The van der Waals surface area contributed by atoms with Crippen LogP contribution in [0, 0.1) is 0 Å². The molecule has 2 rings (SSSR count). The normalized spacial score (nSPS) is 26.3. The molecule has 7 heteroatoms. The maximum atomic E-state index is 11.6. The number of carboxylic acid groups (broad SMARTS) is 1. The summed E-state index contributed by atoms with van der Waals surface area (Å²) in [6.07, 6.45) is 4.01. The smallest absolute Gasteiger partial charge is 0.324 e. The Morgan fingerprint density at radius 1 is 1.11 bits per heavy atom. The molecule has 18 heavy (non-hydrogen) atoms.